The van der Waals surface area contributed by atoms with Crippen LogP contribution in [0.25, 0.3) is 0 Å². The van der Waals surface area contributed by atoms with Gasteiger partial charge in [0.2, 0.25) is 6.29 Å². The van der Waals surface area contributed by atoms with Crippen molar-refractivity contribution in [2.45, 2.75) is 80.9 Å². The third-order valence-corrected chi connectivity index (χ3v) is 7.42. The number of carbonyl (C=O) groups is 1. The summed E-state index contributed by atoms with van der Waals surface area (Å²) in [6.45, 7) is 0.716. The second kappa shape index (κ2) is 11.7. The Balaban J connectivity index is 1.41. The average Bonchev–Trinajstić information content (AvgIpc) is 2.94. The number of hydrogen-bond donors (Lipinski definition) is 8. The number of fused-ring (bicyclic) bond motifs is 1. The fraction of sp³-hybridized carbons (Fsp3) is 0.519. The molecule has 3 aliphatic heterocycles. The predicted octanol–water partition coefficient (Wildman–Crippen LogP) is -1.17. The minimum absolute atomic E-state index is 0.0149. The van der Waals surface area contributed by atoms with E-state index in [-0.39, 0.29) is 29.2 Å². The normalized spacial score (nSPS) is 37.2. The molecule has 0 aromatic heterocycles. The number of aromatic hydroxyl groups is 2. The molecule has 0 spiro atoms. The largest absolute Gasteiger partial charge is 0.508 e. The molecule has 0 unspecified atom stereocenters. The maximum atomic E-state index is 12.9. The number of phenolic OH excluding ortho intramolecular Hbond substituents is 2. The molecular weight excluding hydrogens is 548 g/mol. The van der Waals surface area contributed by atoms with Gasteiger partial charge in [0.1, 0.15) is 71.3 Å². The third-order valence-electron chi connectivity index (χ3n) is 7.42. The number of phenols is 2. The van der Waals surface area contributed by atoms with Crippen molar-refractivity contribution in [3.63, 3.8) is 0 Å². The predicted molar refractivity (Wildman–Crippen MR) is 134 cm³/mol. The molecule has 8 N–H and O–H groups in total. The summed E-state index contributed by atoms with van der Waals surface area (Å²) in [6, 6.07) is 8.50. The van der Waals surface area contributed by atoms with E-state index >= 15 is 0 Å². The fourth-order valence-electron chi connectivity index (χ4n) is 5.07. The van der Waals surface area contributed by atoms with Crippen LogP contribution in [0.4, 0.5) is 0 Å². The van der Waals surface area contributed by atoms with Crippen molar-refractivity contribution in [3.05, 3.63) is 47.5 Å². The van der Waals surface area contributed by atoms with Crippen LogP contribution in [0.2, 0.25) is 0 Å². The van der Waals surface area contributed by atoms with Gasteiger partial charge in [0.05, 0.1) is 19.1 Å². The monoisotopic (exact) mass is 580 g/mol. The summed E-state index contributed by atoms with van der Waals surface area (Å²) in [6.07, 6.45) is -16.0. The first-order valence-corrected chi connectivity index (χ1v) is 13.0. The smallest absolute Gasteiger partial charge is 0.229 e. The SMILES string of the molecule is C[C@@H]1O[C@@H](O[C@@H]2[C@H](Oc3cc(O)c4c(c3)O[C@H](c3ccc(O)cc3)CC4=O)O[C@@H](CO)[C@@H](O)[C@H]2O)[C@H](O)[C@@H](O)[C@H]1O. The Hall–Kier alpha value is -3.05. The molecule has 224 valence electrons. The van der Waals surface area contributed by atoms with Gasteiger partial charge in [-0.2, -0.15) is 0 Å². The Bertz CT molecular complexity index is 1240. The van der Waals surface area contributed by atoms with Gasteiger partial charge in [-0.05, 0) is 24.6 Å². The Morgan fingerprint density at radius 1 is 0.878 bits per heavy atom. The average molecular weight is 581 g/mol. The molecule has 0 bridgehead atoms. The zero-order chi connectivity index (χ0) is 29.6. The van der Waals surface area contributed by atoms with Crippen molar-refractivity contribution >= 4 is 5.78 Å². The maximum absolute atomic E-state index is 12.9. The number of ether oxygens (including phenoxy) is 5. The summed E-state index contributed by atoms with van der Waals surface area (Å²) >= 11 is 0. The summed E-state index contributed by atoms with van der Waals surface area (Å²) in [5, 5.41) is 81.6. The Morgan fingerprint density at radius 2 is 1.59 bits per heavy atom. The van der Waals surface area contributed by atoms with Gasteiger partial charge in [-0.3, -0.25) is 4.79 Å². The first kappa shape index (κ1) is 29.4. The number of aliphatic hydroxyl groups excluding tert-OH is 6. The lowest BCUT2D eigenvalue weighted by molar-refractivity contribution is -0.354. The molecule has 0 aliphatic carbocycles. The van der Waals surface area contributed by atoms with Gasteiger partial charge >= 0.3 is 0 Å². The molecule has 2 aromatic carbocycles. The first-order chi connectivity index (χ1) is 19.5. The number of carbonyl (C=O) groups excluding carboxylic acids is 1. The zero-order valence-electron chi connectivity index (χ0n) is 21.8. The molecule has 3 heterocycles. The van der Waals surface area contributed by atoms with Gasteiger partial charge < -0.3 is 64.5 Å². The lowest BCUT2D eigenvalue weighted by Crippen LogP contribution is -2.64. The minimum Gasteiger partial charge on any atom is -0.508 e. The summed E-state index contributed by atoms with van der Waals surface area (Å²) in [5.41, 5.74) is 0.529. The molecule has 0 radical (unpaired) electrons. The zero-order valence-corrected chi connectivity index (χ0v) is 21.8. The molecule has 2 aromatic rings. The van der Waals surface area contributed by atoms with Crippen LogP contribution in [-0.2, 0) is 14.2 Å². The second-order valence-electron chi connectivity index (χ2n) is 10.2. The fourth-order valence-corrected chi connectivity index (χ4v) is 5.07. The standard InChI is InChI=1S/C27H32O14/c1-10-20(32)22(34)24(36)26(37-10)41-25-23(35)21(33)18(9-28)40-27(25)38-13-6-14(30)19-15(31)8-16(39-17(19)7-13)11-2-4-12(29)5-3-11/h2-7,10,16,18,20-30,32-36H,8-9H2,1H3/t10-,16-,18-,20-,21+,22-,23+,24+,25-,26-,27+/m0/s1. The highest BCUT2D eigenvalue weighted by atomic mass is 16.8. The Labute approximate surface area is 233 Å². The summed E-state index contributed by atoms with van der Waals surface area (Å²) in [5.74, 6) is -0.947. The highest BCUT2D eigenvalue weighted by molar-refractivity contribution is 6.02. The Kier molecular flexibility index (Phi) is 8.39. The summed E-state index contributed by atoms with van der Waals surface area (Å²) in [7, 11) is 0. The maximum Gasteiger partial charge on any atom is 0.229 e. The first-order valence-electron chi connectivity index (χ1n) is 13.0. The van der Waals surface area contributed by atoms with Gasteiger partial charge in [-0.1, -0.05) is 12.1 Å². The molecule has 41 heavy (non-hydrogen) atoms. The highest BCUT2D eigenvalue weighted by Gasteiger charge is 2.51. The topological polar surface area (TPSA) is 225 Å². The van der Waals surface area contributed by atoms with Crippen LogP contribution >= 0.6 is 0 Å². The molecule has 3 aliphatic rings. The van der Waals surface area contributed by atoms with E-state index in [4.69, 9.17) is 23.7 Å². The van der Waals surface area contributed by atoms with E-state index in [0.717, 1.165) is 6.07 Å². The van der Waals surface area contributed by atoms with Gasteiger partial charge in [0.15, 0.2) is 18.2 Å². The highest BCUT2D eigenvalue weighted by Crippen LogP contribution is 2.43. The van der Waals surface area contributed by atoms with E-state index in [9.17, 15) is 45.6 Å². The van der Waals surface area contributed by atoms with E-state index < -0.39 is 85.7 Å². The number of ketones is 1. The number of benzene rings is 2. The molecule has 2 saturated heterocycles. The van der Waals surface area contributed by atoms with Crippen LogP contribution in [0.15, 0.2) is 36.4 Å². The molecule has 14 nitrogen and oxygen atoms in total. The van der Waals surface area contributed by atoms with E-state index in [0.29, 0.717) is 5.56 Å². The lowest BCUT2D eigenvalue weighted by Gasteiger charge is -2.45. The van der Waals surface area contributed by atoms with Crippen LogP contribution < -0.4 is 9.47 Å². The number of rotatable bonds is 6. The Morgan fingerprint density at radius 3 is 2.27 bits per heavy atom. The van der Waals surface area contributed by atoms with Gasteiger partial charge in [0.25, 0.3) is 0 Å². The molecular formula is C27H32O14. The lowest BCUT2D eigenvalue weighted by atomic mass is 9.95. The van der Waals surface area contributed by atoms with Crippen molar-refractivity contribution in [3.8, 4) is 23.0 Å². The quantitative estimate of drug-likeness (QED) is 0.202. The number of Topliss-reactive ketones (excluding diaryl/α,β-unsaturated/α-hetero) is 1. The van der Waals surface area contributed by atoms with Crippen molar-refractivity contribution in [2.24, 2.45) is 0 Å². The summed E-state index contributed by atoms with van der Waals surface area (Å²) < 4.78 is 28.6. The van der Waals surface area contributed by atoms with Gasteiger partial charge in [0, 0.05) is 12.1 Å². The second-order valence-corrected chi connectivity index (χ2v) is 10.2. The van der Waals surface area contributed by atoms with Crippen LogP contribution in [0.3, 0.4) is 0 Å². The molecule has 0 amide bonds. The van der Waals surface area contributed by atoms with Crippen LogP contribution in [0, 0.1) is 0 Å². The minimum atomic E-state index is -1.75. The molecule has 2 fully saturated rings. The third kappa shape index (κ3) is 5.70. The van der Waals surface area contributed by atoms with Gasteiger partial charge in [-0.25, -0.2) is 0 Å². The van der Waals surface area contributed by atoms with Crippen molar-refractivity contribution in [2.75, 3.05) is 6.61 Å². The van der Waals surface area contributed by atoms with E-state index in [1.165, 1.54) is 25.1 Å². The van der Waals surface area contributed by atoms with Crippen LogP contribution in [0.1, 0.15) is 35.4 Å². The molecule has 5 rings (SSSR count). The van der Waals surface area contributed by atoms with Crippen molar-refractivity contribution < 1.29 is 69.3 Å². The molecule has 0 saturated carbocycles. The van der Waals surface area contributed by atoms with Gasteiger partial charge in [-0.15, -0.1) is 0 Å². The van der Waals surface area contributed by atoms with E-state index in [2.05, 4.69) is 0 Å². The van der Waals surface area contributed by atoms with Crippen molar-refractivity contribution in [1.82, 2.24) is 0 Å². The van der Waals surface area contributed by atoms with Crippen LogP contribution in [0.5, 0.6) is 23.0 Å². The number of hydrogen-bond acceptors (Lipinski definition) is 14. The molecule has 14 heteroatoms. The van der Waals surface area contributed by atoms with E-state index in [1.807, 2.05) is 0 Å². The van der Waals surface area contributed by atoms with Crippen molar-refractivity contribution in [1.29, 1.82) is 0 Å². The number of aliphatic hydroxyl groups is 6. The van der Waals surface area contributed by atoms with E-state index in [1.54, 1.807) is 12.1 Å². The van der Waals surface area contributed by atoms with Crippen LogP contribution in [-0.4, -0.2) is 115 Å². The molecule has 11 atom stereocenters. The summed E-state index contributed by atoms with van der Waals surface area (Å²) in [4.78, 5) is 12.9.